The van der Waals surface area contributed by atoms with E-state index in [0.29, 0.717) is 11.5 Å². The molecule has 1 aromatic carbocycles. The molecule has 1 aliphatic heterocycles. The fourth-order valence-corrected chi connectivity index (χ4v) is 3.91. The molecule has 0 spiro atoms. The number of piperidine rings is 1. The summed E-state index contributed by atoms with van der Waals surface area (Å²) in [5, 5.41) is 17.0. The highest BCUT2D eigenvalue weighted by Gasteiger charge is 2.28. The van der Waals surface area contributed by atoms with E-state index in [4.69, 9.17) is 5.73 Å². The number of fused-ring (bicyclic) bond motifs is 1. The third kappa shape index (κ3) is 3.66. The first kappa shape index (κ1) is 18.3. The zero-order valence-electron chi connectivity index (χ0n) is 16.0. The molecule has 3 heterocycles. The largest absolute Gasteiger partial charge is 0.409 e. The Labute approximate surface area is 164 Å². The first-order valence-electron chi connectivity index (χ1n) is 9.62. The number of pyridine rings is 1. The lowest BCUT2D eigenvalue weighted by atomic mass is 9.92. The van der Waals surface area contributed by atoms with E-state index in [2.05, 4.69) is 56.5 Å². The van der Waals surface area contributed by atoms with E-state index in [0.717, 1.165) is 42.8 Å². The summed E-state index contributed by atoms with van der Waals surface area (Å²) in [6.07, 6.45) is 4.61. The SMILES string of the molecule is C[C@H]1CCN(Cc2ccccc2)C[C@H]1Nc1c(/C(N)=N\O)cnc2[nH]ccc12. The maximum absolute atomic E-state index is 9.19. The second-order valence-electron chi connectivity index (χ2n) is 7.51. The number of aromatic amines is 1. The Hall–Kier alpha value is -3.06. The van der Waals surface area contributed by atoms with Gasteiger partial charge in [0.2, 0.25) is 0 Å². The average Bonchev–Trinajstić information content (AvgIpc) is 3.20. The van der Waals surface area contributed by atoms with Crippen LogP contribution >= 0.6 is 0 Å². The molecule has 0 unspecified atom stereocenters. The second kappa shape index (κ2) is 7.90. The van der Waals surface area contributed by atoms with Gasteiger partial charge >= 0.3 is 0 Å². The molecule has 7 heteroatoms. The quantitative estimate of drug-likeness (QED) is 0.237. The van der Waals surface area contributed by atoms with Crippen LogP contribution in [0.4, 0.5) is 5.69 Å². The highest BCUT2D eigenvalue weighted by molar-refractivity contribution is 6.08. The van der Waals surface area contributed by atoms with Crippen LogP contribution in [0.5, 0.6) is 0 Å². The normalized spacial score (nSPS) is 21.1. The molecule has 0 saturated carbocycles. The lowest BCUT2D eigenvalue weighted by Gasteiger charge is -2.38. The lowest BCUT2D eigenvalue weighted by Crippen LogP contribution is -2.46. The van der Waals surface area contributed by atoms with Crippen molar-refractivity contribution in [1.82, 2.24) is 14.9 Å². The molecular weight excluding hydrogens is 352 g/mol. The average molecular weight is 378 g/mol. The van der Waals surface area contributed by atoms with E-state index in [1.54, 1.807) is 6.20 Å². The van der Waals surface area contributed by atoms with Gasteiger partial charge in [0.25, 0.3) is 0 Å². The highest BCUT2D eigenvalue weighted by atomic mass is 16.4. The van der Waals surface area contributed by atoms with Gasteiger partial charge in [-0.15, -0.1) is 0 Å². The van der Waals surface area contributed by atoms with E-state index >= 15 is 0 Å². The Morgan fingerprint density at radius 3 is 2.96 bits per heavy atom. The summed E-state index contributed by atoms with van der Waals surface area (Å²) < 4.78 is 0. The Morgan fingerprint density at radius 2 is 2.18 bits per heavy atom. The summed E-state index contributed by atoms with van der Waals surface area (Å²) in [7, 11) is 0. The molecule has 2 aromatic heterocycles. The van der Waals surface area contributed by atoms with Gasteiger partial charge in [0.1, 0.15) is 5.65 Å². The molecule has 146 valence electrons. The zero-order valence-corrected chi connectivity index (χ0v) is 16.0. The van der Waals surface area contributed by atoms with Crippen LogP contribution in [0.2, 0.25) is 0 Å². The van der Waals surface area contributed by atoms with Gasteiger partial charge in [-0.05, 0) is 30.5 Å². The van der Waals surface area contributed by atoms with Crippen LogP contribution in [0.15, 0.2) is 53.9 Å². The standard InChI is InChI=1S/C21H26N6O/c1-14-8-10-27(12-15-5-3-2-4-6-15)13-18(14)25-19-16-7-9-23-21(16)24-11-17(19)20(22)26-28/h2-7,9,11,14,18,28H,8,10,12-13H2,1H3,(H2,22,26)(H2,23,24,25)/t14-,18+/m0/s1. The topological polar surface area (TPSA) is 103 Å². The number of hydrogen-bond donors (Lipinski definition) is 4. The number of rotatable bonds is 5. The van der Waals surface area contributed by atoms with Gasteiger partial charge in [-0.1, -0.05) is 42.4 Å². The highest BCUT2D eigenvalue weighted by Crippen LogP contribution is 2.29. The molecule has 0 aliphatic carbocycles. The number of anilines is 1. The van der Waals surface area contributed by atoms with Crippen LogP contribution in [0.3, 0.4) is 0 Å². The fourth-order valence-electron chi connectivity index (χ4n) is 3.91. The molecular formula is C21H26N6O. The molecule has 0 radical (unpaired) electrons. The molecule has 7 nitrogen and oxygen atoms in total. The van der Waals surface area contributed by atoms with E-state index in [1.807, 2.05) is 18.3 Å². The molecule has 0 bridgehead atoms. The lowest BCUT2D eigenvalue weighted by molar-refractivity contribution is 0.170. The Bertz CT molecular complexity index is 967. The molecule has 1 saturated heterocycles. The minimum Gasteiger partial charge on any atom is -0.409 e. The Kier molecular flexibility index (Phi) is 5.16. The smallest absolute Gasteiger partial charge is 0.173 e. The third-order valence-corrected chi connectivity index (χ3v) is 5.59. The first-order valence-corrected chi connectivity index (χ1v) is 9.62. The molecule has 4 rings (SSSR count). The first-order chi connectivity index (χ1) is 13.7. The van der Waals surface area contributed by atoms with Crippen molar-refractivity contribution in [3.8, 4) is 0 Å². The van der Waals surface area contributed by atoms with Crippen LogP contribution < -0.4 is 11.1 Å². The predicted molar refractivity (Wildman–Crippen MR) is 112 cm³/mol. The molecule has 28 heavy (non-hydrogen) atoms. The number of hydrogen-bond acceptors (Lipinski definition) is 5. The number of oxime groups is 1. The van der Waals surface area contributed by atoms with Crippen molar-refractivity contribution >= 4 is 22.6 Å². The number of H-pyrrole nitrogens is 1. The van der Waals surface area contributed by atoms with Gasteiger partial charge in [-0.3, -0.25) is 4.90 Å². The summed E-state index contributed by atoms with van der Waals surface area (Å²) in [4.78, 5) is 9.98. The minimum atomic E-state index is 0.0581. The number of benzene rings is 1. The van der Waals surface area contributed by atoms with Crippen molar-refractivity contribution in [3.05, 3.63) is 59.9 Å². The number of nitrogens with zero attached hydrogens (tertiary/aromatic N) is 3. The van der Waals surface area contributed by atoms with Crippen molar-refractivity contribution in [2.75, 3.05) is 18.4 Å². The Morgan fingerprint density at radius 1 is 1.36 bits per heavy atom. The fraction of sp³-hybridized carbons (Fsp3) is 0.333. The van der Waals surface area contributed by atoms with Gasteiger partial charge in [-0.25, -0.2) is 4.98 Å². The van der Waals surface area contributed by atoms with Crippen molar-refractivity contribution in [2.45, 2.75) is 25.9 Å². The Balaban J connectivity index is 1.59. The maximum Gasteiger partial charge on any atom is 0.173 e. The van der Waals surface area contributed by atoms with Crippen molar-refractivity contribution < 1.29 is 5.21 Å². The van der Waals surface area contributed by atoms with Crippen LogP contribution in [0.1, 0.15) is 24.5 Å². The van der Waals surface area contributed by atoms with Gasteiger partial charge in [-0.2, -0.15) is 0 Å². The van der Waals surface area contributed by atoms with Crippen LogP contribution in [-0.4, -0.2) is 45.0 Å². The molecule has 1 aliphatic rings. The maximum atomic E-state index is 9.19. The van der Waals surface area contributed by atoms with E-state index in [9.17, 15) is 5.21 Å². The summed E-state index contributed by atoms with van der Waals surface area (Å²) >= 11 is 0. The van der Waals surface area contributed by atoms with Crippen LogP contribution in [0, 0.1) is 5.92 Å². The van der Waals surface area contributed by atoms with Crippen molar-refractivity contribution in [1.29, 1.82) is 0 Å². The summed E-state index contributed by atoms with van der Waals surface area (Å²) in [5.41, 5.74) is 9.50. The number of nitrogens with two attached hydrogens (primary N) is 1. The van der Waals surface area contributed by atoms with Gasteiger partial charge < -0.3 is 21.2 Å². The molecule has 5 N–H and O–H groups in total. The molecule has 1 fully saturated rings. The molecule has 3 aromatic rings. The number of likely N-dealkylation sites (tertiary alicyclic amines) is 1. The number of amidine groups is 1. The van der Waals surface area contributed by atoms with E-state index < -0.39 is 0 Å². The molecule has 2 atom stereocenters. The van der Waals surface area contributed by atoms with Gasteiger partial charge in [0.15, 0.2) is 5.84 Å². The van der Waals surface area contributed by atoms with E-state index in [-0.39, 0.29) is 11.9 Å². The summed E-state index contributed by atoms with van der Waals surface area (Å²) in [6, 6.07) is 12.8. The van der Waals surface area contributed by atoms with E-state index in [1.165, 1.54) is 5.56 Å². The summed E-state index contributed by atoms with van der Waals surface area (Å²) in [5.74, 6) is 0.567. The monoisotopic (exact) mass is 378 g/mol. The zero-order chi connectivity index (χ0) is 19.5. The number of nitrogens with one attached hydrogen (secondary N) is 2. The predicted octanol–water partition coefficient (Wildman–Crippen LogP) is 2.98. The minimum absolute atomic E-state index is 0.0581. The number of aromatic nitrogens is 2. The second-order valence-corrected chi connectivity index (χ2v) is 7.51. The third-order valence-electron chi connectivity index (χ3n) is 5.59. The van der Waals surface area contributed by atoms with Crippen LogP contribution in [0.25, 0.3) is 11.0 Å². The van der Waals surface area contributed by atoms with Gasteiger partial charge in [0.05, 0.1) is 11.3 Å². The van der Waals surface area contributed by atoms with Crippen molar-refractivity contribution in [2.24, 2.45) is 16.8 Å². The summed E-state index contributed by atoms with van der Waals surface area (Å²) in [6.45, 7) is 5.22. The van der Waals surface area contributed by atoms with Gasteiger partial charge in [0, 0.05) is 36.9 Å². The van der Waals surface area contributed by atoms with Crippen molar-refractivity contribution in [3.63, 3.8) is 0 Å². The molecule has 0 amide bonds. The van der Waals surface area contributed by atoms with Crippen LogP contribution in [-0.2, 0) is 6.54 Å².